The van der Waals surface area contributed by atoms with Gasteiger partial charge in [-0.05, 0) is 30.3 Å². The van der Waals surface area contributed by atoms with Crippen LogP contribution in [0.4, 0.5) is 5.69 Å². The molecule has 0 aliphatic carbocycles. The fourth-order valence-corrected chi connectivity index (χ4v) is 3.02. The molecule has 1 aliphatic heterocycles. The Morgan fingerprint density at radius 1 is 1.04 bits per heavy atom. The maximum absolute atomic E-state index is 12.4. The van der Waals surface area contributed by atoms with Gasteiger partial charge in [-0.1, -0.05) is 0 Å². The SMILES string of the molecule is Cn1c(=O)oc2cc(NC(=O)CCC(=O)c3ccc4c(c3)OCCO4)ccc21. The molecule has 0 unspecified atom stereocenters. The molecule has 4 rings (SSSR count). The number of hydrogen-bond donors (Lipinski definition) is 1. The van der Waals surface area contributed by atoms with E-state index in [9.17, 15) is 14.4 Å². The van der Waals surface area contributed by atoms with E-state index in [0.29, 0.717) is 47.1 Å². The molecule has 144 valence electrons. The minimum atomic E-state index is -0.469. The zero-order valence-electron chi connectivity index (χ0n) is 15.2. The molecule has 0 saturated carbocycles. The molecule has 1 aliphatic rings. The summed E-state index contributed by atoms with van der Waals surface area (Å²) in [5.74, 6) is 0.228. The summed E-state index contributed by atoms with van der Waals surface area (Å²) < 4.78 is 17.4. The molecule has 1 amide bonds. The van der Waals surface area contributed by atoms with Gasteiger partial charge in [0.1, 0.15) is 13.2 Å². The zero-order valence-corrected chi connectivity index (χ0v) is 15.2. The summed E-state index contributed by atoms with van der Waals surface area (Å²) >= 11 is 0. The Balaban J connectivity index is 1.37. The number of benzene rings is 2. The smallest absolute Gasteiger partial charge is 0.419 e. The van der Waals surface area contributed by atoms with Crippen LogP contribution in [0, 0.1) is 0 Å². The predicted molar refractivity (Wildman–Crippen MR) is 101 cm³/mol. The second-order valence-corrected chi connectivity index (χ2v) is 6.44. The second-order valence-electron chi connectivity index (χ2n) is 6.44. The highest BCUT2D eigenvalue weighted by Gasteiger charge is 2.16. The summed E-state index contributed by atoms with van der Waals surface area (Å²) in [6.07, 6.45) is 0.0954. The Morgan fingerprint density at radius 2 is 1.82 bits per heavy atom. The van der Waals surface area contributed by atoms with E-state index in [1.807, 2.05) is 0 Å². The molecule has 28 heavy (non-hydrogen) atoms. The number of carbonyl (C=O) groups excluding carboxylic acids is 2. The Hall–Kier alpha value is -3.55. The van der Waals surface area contributed by atoms with Crippen molar-refractivity contribution in [1.82, 2.24) is 4.57 Å². The molecule has 1 aromatic heterocycles. The van der Waals surface area contributed by atoms with E-state index in [4.69, 9.17) is 13.9 Å². The average Bonchev–Trinajstić information content (AvgIpc) is 2.99. The molecule has 0 spiro atoms. The number of ether oxygens (including phenoxy) is 2. The van der Waals surface area contributed by atoms with Gasteiger partial charge >= 0.3 is 5.76 Å². The first-order valence-corrected chi connectivity index (χ1v) is 8.83. The number of Topliss-reactive ketones (excluding diaryl/α,β-unsaturated/α-hetero) is 1. The summed E-state index contributed by atoms with van der Waals surface area (Å²) in [5, 5.41) is 2.71. The van der Waals surface area contributed by atoms with Gasteiger partial charge in [0, 0.05) is 37.2 Å². The lowest BCUT2D eigenvalue weighted by atomic mass is 10.1. The van der Waals surface area contributed by atoms with Crippen LogP contribution in [0.25, 0.3) is 11.1 Å². The third-order valence-electron chi connectivity index (χ3n) is 4.52. The standard InChI is InChI=1S/C20H18N2O6/c1-22-14-4-3-13(11-17(14)28-20(22)25)21-19(24)7-5-15(23)12-2-6-16-18(10-12)27-9-8-26-16/h2-4,6,10-11H,5,7-9H2,1H3,(H,21,24). The lowest BCUT2D eigenvalue weighted by Gasteiger charge is -2.18. The van der Waals surface area contributed by atoms with Crippen LogP contribution in [0.3, 0.4) is 0 Å². The molecule has 0 bridgehead atoms. The predicted octanol–water partition coefficient (Wildman–Crippen LogP) is 2.50. The normalized spacial score (nSPS) is 12.8. The second kappa shape index (κ2) is 7.22. The molecule has 8 heteroatoms. The summed E-state index contributed by atoms with van der Waals surface area (Å²) in [7, 11) is 1.61. The van der Waals surface area contributed by atoms with Crippen molar-refractivity contribution in [3.8, 4) is 11.5 Å². The number of oxazole rings is 1. The summed E-state index contributed by atoms with van der Waals surface area (Å²) in [6.45, 7) is 0.928. The van der Waals surface area contributed by atoms with Crippen molar-refractivity contribution >= 4 is 28.5 Å². The number of hydrogen-bond acceptors (Lipinski definition) is 6. The van der Waals surface area contributed by atoms with Crippen molar-refractivity contribution < 1.29 is 23.5 Å². The minimum Gasteiger partial charge on any atom is -0.486 e. The van der Waals surface area contributed by atoms with Gasteiger partial charge < -0.3 is 19.2 Å². The number of nitrogens with one attached hydrogen (secondary N) is 1. The van der Waals surface area contributed by atoms with Crippen molar-refractivity contribution in [2.45, 2.75) is 12.8 Å². The lowest BCUT2D eigenvalue weighted by molar-refractivity contribution is -0.116. The molecule has 3 aromatic rings. The van der Waals surface area contributed by atoms with E-state index in [1.165, 1.54) is 4.57 Å². The maximum Gasteiger partial charge on any atom is 0.419 e. The van der Waals surface area contributed by atoms with E-state index in [1.54, 1.807) is 43.4 Å². The van der Waals surface area contributed by atoms with E-state index in [2.05, 4.69) is 5.32 Å². The van der Waals surface area contributed by atoms with Gasteiger partial charge in [0.15, 0.2) is 22.9 Å². The number of amides is 1. The molecular weight excluding hydrogens is 364 g/mol. The number of nitrogens with zero attached hydrogens (tertiary/aromatic N) is 1. The number of fused-ring (bicyclic) bond motifs is 2. The summed E-state index contributed by atoms with van der Waals surface area (Å²) in [4.78, 5) is 36.1. The van der Waals surface area contributed by atoms with Crippen LogP contribution in [0.2, 0.25) is 0 Å². The van der Waals surface area contributed by atoms with Crippen molar-refractivity contribution in [3.05, 3.63) is 52.5 Å². The van der Waals surface area contributed by atoms with Crippen LogP contribution < -0.4 is 20.5 Å². The minimum absolute atomic E-state index is 0.0318. The first-order chi connectivity index (χ1) is 13.5. The van der Waals surface area contributed by atoms with Crippen molar-refractivity contribution in [2.24, 2.45) is 7.05 Å². The first-order valence-electron chi connectivity index (χ1n) is 8.83. The average molecular weight is 382 g/mol. The molecule has 0 atom stereocenters. The van der Waals surface area contributed by atoms with Crippen LogP contribution in [-0.4, -0.2) is 29.5 Å². The number of anilines is 1. The van der Waals surface area contributed by atoms with Crippen LogP contribution >= 0.6 is 0 Å². The van der Waals surface area contributed by atoms with Crippen molar-refractivity contribution in [3.63, 3.8) is 0 Å². The summed E-state index contributed by atoms with van der Waals surface area (Å²) in [5.41, 5.74) is 2.00. The zero-order chi connectivity index (χ0) is 19.7. The fraction of sp³-hybridized carbons (Fsp3) is 0.250. The molecule has 1 N–H and O–H groups in total. The van der Waals surface area contributed by atoms with Gasteiger partial charge in [0.05, 0.1) is 5.52 Å². The van der Waals surface area contributed by atoms with Gasteiger partial charge in [0.2, 0.25) is 5.91 Å². The molecule has 2 aromatic carbocycles. The monoisotopic (exact) mass is 382 g/mol. The number of aryl methyl sites for hydroxylation is 1. The van der Waals surface area contributed by atoms with E-state index in [-0.39, 0.29) is 24.5 Å². The van der Waals surface area contributed by atoms with Crippen LogP contribution in [0.15, 0.2) is 45.6 Å². The molecule has 0 fully saturated rings. The van der Waals surface area contributed by atoms with Gasteiger partial charge in [-0.2, -0.15) is 0 Å². The lowest BCUT2D eigenvalue weighted by Crippen LogP contribution is -2.16. The molecule has 8 nitrogen and oxygen atoms in total. The molecule has 0 saturated heterocycles. The van der Waals surface area contributed by atoms with Crippen LogP contribution in [0.5, 0.6) is 11.5 Å². The number of rotatable bonds is 5. The Morgan fingerprint density at radius 3 is 2.64 bits per heavy atom. The Labute approximate surface area is 159 Å². The quantitative estimate of drug-likeness (QED) is 0.681. The van der Waals surface area contributed by atoms with Crippen molar-refractivity contribution in [2.75, 3.05) is 18.5 Å². The van der Waals surface area contributed by atoms with Crippen LogP contribution in [0.1, 0.15) is 23.2 Å². The van der Waals surface area contributed by atoms with Gasteiger partial charge in [-0.3, -0.25) is 14.2 Å². The number of carbonyl (C=O) groups is 2. The maximum atomic E-state index is 12.4. The van der Waals surface area contributed by atoms with Gasteiger partial charge in [0.25, 0.3) is 0 Å². The third kappa shape index (κ3) is 3.48. The molecular formula is C20H18N2O6. The highest BCUT2D eigenvalue weighted by molar-refractivity contribution is 6.00. The molecule has 0 radical (unpaired) electrons. The van der Waals surface area contributed by atoms with E-state index >= 15 is 0 Å². The highest BCUT2D eigenvalue weighted by Crippen LogP contribution is 2.31. The van der Waals surface area contributed by atoms with E-state index in [0.717, 1.165) is 0 Å². The van der Waals surface area contributed by atoms with Crippen LogP contribution in [-0.2, 0) is 11.8 Å². The largest absolute Gasteiger partial charge is 0.486 e. The third-order valence-corrected chi connectivity index (χ3v) is 4.52. The Kier molecular flexibility index (Phi) is 4.60. The molecule has 2 heterocycles. The van der Waals surface area contributed by atoms with Gasteiger partial charge in [-0.25, -0.2) is 4.79 Å². The Bertz CT molecular complexity index is 1130. The topological polar surface area (TPSA) is 99.8 Å². The fourth-order valence-electron chi connectivity index (χ4n) is 3.02. The van der Waals surface area contributed by atoms with Gasteiger partial charge in [-0.15, -0.1) is 0 Å². The number of aromatic nitrogens is 1. The highest BCUT2D eigenvalue weighted by atomic mass is 16.6. The first kappa shape index (κ1) is 17.8. The summed E-state index contributed by atoms with van der Waals surface area (Å²) in [6, 6.07) is 9.95. The van der Waals surface area contributed by atoms with Crippen molar-refractivity contribution in [1.29, 1.82) is 0 Å². The van der Waals surface area contributed by atoms with E-state index < -0.39 is 5.76 Å². The number of ketones is 1.